The zero-order chi connectivity index (χ0) is 21.7. The largest absolute Gasteiger partial charge is 0.368 e. The van der Waals surface area contributed by atoms with Crippen LogP contribution >= 0.6 is 0 Å². The standard InChI is InChI=1S/C27H29N5/c1-18-15-31(25-7-5-21(14-28)27-24(25)3-2-10-30-27)17-26-23-6-4-20(13-22(23)16-32(18)26)19-8-11-29-12-9-19/h2-7,10,13,18-19,26,29H,8-9,11-12,15-17H2,1H3/t18-,26-/m1/s1. The van der Waals surface area contributed by atoms with E-state index in [1.807, 2.05) is 12.1 Å². The Labute approximate surface area is 189 Å². The maximum absolute atomic E-state index is 9.51. The Morgan fingerprint density at radius 2 is 1.97 bits per heavy atom. The highest BCUT2D eigenvalue weighted by Gasteiger charge is 2.39. The second-order valence-electron chi connectivity index (χ2n) is 9.57. The molecule has 5 heteroatoms. The van der Waals surface area contributed by atoms with Gasteiger partial charge in [0, 0.05) is 42.9 Å². The lowest BCUT2D eigenvalue weighted by atomic mass is 9.88. The number of pyridine rings is 1. The molecule has 0 amide bonds. The number of hydrogen-bond acceptors (Lipinski definition) is 5. The summed E-state index contributed by atoms with van der Waals surface area (Å²) in [4.78, 5) is 9.70. The quantitative estimate of drug-likeness (QED) is 0.665. The molecule has 1 aromatic heterocycles. The summed E-state index contributed by atoms with van der Waals surface area (Å²) in [5.41, 5.74) is 7.19. The van der Waals surface area contributed by atoms with E-state index in [0.717, 1.165) is 43.6 Å². The van der Waals surface area contributed by atoms with Crippen LogP contribution in [0.15, 0.2) is 48.7 Å². The van der Waals surface area contributed by atoms with Crippen molar-refractivity contribution in [2.24, 2.45) is 0 Å². The van der Waals surface area contributed by atoms with Crippen molar-refractivity contribution in [3.8, 4) is 6.07 Å². The van der Waals surface area contributed by atoms with Crippen LogP contribution < -0.4 is 10.2 Å². The number of fused-ring (bicyclic) bond motifs is 4. The molecule has 4 heterocycles. The number of nitriles is 1. The van der Waals surface area contributed by atoms with Crippen molar-refractivity contribution in [2.75, 3.05) is 31.1 Å². The molecule has 0 unspecified atom stereocenters. The molecule has 162 valence electrons. The maximum Gasteiger partial charge on any atom is 0.101 e. The van der Waals surface area contributed by atoms with E-state index >= 15 is 0 Å². The Hall–Kier alpha value is -2.94. The molecule has 5 nitrogen and oxygen atoms in total. The summed E-state index contributed by atoms with van der Waals surface area (Å²) in [5.74, 6) is 0.700. The summed E-state index contributed by atoms with van der Waals surface area (Å²) in [5, 5.41) is 14.1. The lowest BCUT2D eigenvalue weighted by molar-refractivity contribution is 0.134. The van der Waals surface area contributed by atoms with E-state index in [4.69, 9.17) is 0 Å². The van der Waals surface area contributed by atoms with Crippen LogP contribution in [0.4, 0.5) is 5.69 Å². The monoisotopic (exact) mass is 423 g/mol. The summed E-state index contributed by atoms with van der Waals surface area (Å²) >= 11 is 0. The van der Waals surface area contributed by atoms with Gasteiger partial charge in [0.05, 0.1) is 17.1 Å². The molecule has 0 bridgehead atoms. The number of aromatic nitrogens is 1. The first-order valence-electron chi connectivity index (χ1n) is 11.8. The van der Waals surface area contributed by atoms with Crippen LogP contribution in [0, 0.1) is 11.3 Å². The fourth-order valence-corrected chi connectivity index (χ4v) is 6.08. The van der Waals surface area contributed by atoms with Gasteiger partial charge in [-0.1, -0.05) is 18.2 Å². The molecule has 32 heavy (non-hydrogen) atoms. The Morgan fingerprint density at radius 1 is 1.09 bits per heavy atom. The number of nitrogens with zero attached hydrogens (tertiary/aromatic N) is 4. The SMILES string of the molecule is C[C@@H]1CN(c2ccc(C#N)c3ncccc23)C[C@@H]2c3ccc(C4CCNCC4)cc3CN12. The predicted molar refractivity (Wildman–Crippen MR) is 128 cm³/mol. The molecule has 6 rings (SSSR count). The average Bonchev–Trinajstić information content (AvgIpc) is 3.22. The van der Waals surface area contributed by atoms with E-state index in [-0.39, 0.29) is 0 Å². The van der Waals surface area contributed by atoms with Crippen LogP contribution in [-0.4, -0.2) is 42.1 Å². The summed E-state index contributed by atoms with van der Waals surface area (Å²) in [7, 11) is 0. The highest BCUT2D eigenvalue weighted by atomic mass is 15.3. The molecule has 0 radical (unpaired) electrons. The molecule has 2 saturated heterocycles. The van der Waals surface area contributed by atoms with Crippen molar-refractivity contribution in [3.63, 3.8) is 0 Å². The summed E-state index contributed by atoms with van der Waals surface area (Å²) in [6.45, 7) is 7.64. The molecule has 3 aromatic rings. The zero-order valence-electron chi connectivity index (χ0n) is 18.6. The van der Waals surface area contributed by atoms with Crippen LogP contribution in [0.3, 0.4) is 0 Å². The number of hydrogen-bond donors (Lipinski definition) is 1. The first-order valence-corrected chi connectivity index (χ1v) is 11.8. The maximum atomic E-state index is 9.51. The minimum absolute atomic E-state index is 0.415. The van der Waals surface area contributed by atoms with Crippen molar-refractivity contribution in [2.45, 2.75) is 44.3 Å². The molecule has 3 aliphatic heterocycles. The van der Waals surface area contributed by atoms with Crippen LogP contribution in [0.5, 0.6) is 0 Å². The number of nitrogens with one attached hydrogen (secondary N) is 1. The summed E-state index contributed by atoms with van der Waals surface area (Å²) < 4.78 is 0. The van der Waals surface area contributed by atoms with Gasteiger partial charge in [-0.05, 0) is 79.7 Å². The van der Waals surface area contributed by atoms with Crippen molar-refractivity contribution >= 4 is 16.6 Å². The number of rotatable bonds is 2. The lowest BCUT2D eigenvalue weighted by Gasteiger charge is -2.44. The Balaban J connectivity index is 1.33. The highest BCUT2D eigenvalue weighted by molar-refractivity contribution is 5.95. The predicted octanol–water partition coefficient (Wildman–Crippen LogP) is 4.34. The Morgan fingerprint density at radius 3 is 2.81 bits per heavy atom. The van der Waals surface area contributed by atoms with E-state index in [1.54, 1.807) is 6.20 Å². The van der Waals surface area contributed by atoms with Gasteiger partial charge in [0.1, 0.15) is 6.07 Å². The minimum atomic E-state index is 0.415. The van der Waals surface area contributed by atoms with E-state index in [1.165, 1.54) is 35.2 Å². The van der Waals surface area contributed by atoms with Crippen LogP contribution in [-0.2, 0) is 6.54 Å². The second-order valence-corrected chi connectivity index (χ2v) is 9.57. The van der Waals surface area contributed by atoms with Crippen molar-refractivity contribution in [1.82, 2.24) is 15.2 Å². The fraction of sp³-hybridized carbons (Fsp3) is 0.407. The minimum Gasteiger partial charge on any atom is -0.368 e. The average molecular weight is 424 g/mol. The number of piperidine rings is 1. The van der Waals surface area contributed by atoms with Gasteiger partial charge in [-0.15, -0.1) is 0 Å². The summed E-state index contributed by atoms with van der Waals surface area (Å²) in [6.07, 6.45) is 4.27. The number of piperazine rings is 1. The Kier molecular flexibility index (Phi) is 4.86. The normalized spacial score (nSPS) is 23.7. The third-order valence-corrected chi connectivity index (χ3v) is 7.74. The van der Waals surface area contributed by atoms with Crippen LogP contribution in [0.25, 0.3) is 10.9 Å². The topological polar surface area (TPSA) is 55.2 Å². The van der Waals surface area contributed by atoms with Gasteiger partial charge in [0.15, 0.2) is 0 Å². The van der Waals surface area contributed by atoms with Crippen molar-refractivity contribution in [1.29, 1.82) is 5.26 Å². The summed E-state index contributed by atoms with van der Waals surface area (Å²) in [6, 6.07) is 18.6. The van der Waals surface area contributed by atoms with Crippen molar-refractivity contribution in [3.05, 3.63) is 70.9 Å². The third-order valence-electron chi connectivity index (χ3n) is 7.74. The first kappa shape index (κ1) is 19.7. The second kappa shape index (κ2) is 7.88. The fourth-order valence-electron chi connectivity index (χ4n) is 6.08. The highest BCUT2D eigenvalue weighted by Crippen LogP contribution is 2.42. The molecular formula is C27H29N5. The molecule has 1 N–H and O–H groups in total. The van der Waals surface area contributed by atoms with Gasteiger partial charge >= 0.3 is 0 Å². The van der Waals surface area contributed by atoms with Gasteiger partial charge in [-0.25, -0.2) is 0 Å². The number of benzene rings is 2. The third kappa shape index (κ3) is 3.18. The molecule has 0 aliphatic carbocycles. The van der Waals surface area contributed by atoms with Gasteiger partial charge < -0.3 is 10.2 Å². The zero-order valence-corrected chi connectivity index (χ0v) is 18.6. The van der Waals surface area contributed by atoms with E-state index in [9.17, 15) is 5.26 Å². The van der Waals surface area contributed by atoms with Gasteiger partial charge in [-0.3, -0.25) is 9.88 Å². The molecule has 3 aliphatic rings. The number of anilines is 1. The Bertz CT molecular complexity index is 1210. The van der Waals surface area contributed by atoms with Gasteiger partial charge in [0.25, 0.3) is 0 Å². The molecule has 0 saturated carbocycles. The van der Waals surface area contributed by atoms with E-state index in [0.29, 0.717) is 23.6 Å². The van der Waals surface area contributed by atoms with Gasteiger partial charge in [-0.2, -0.15) is 5.26 Å². The van der Waals surface area contributed by atoms with Gasteiger partial charge in [0.2, 0.25) is 0 Å². The van der Waals surface area contributed by atoms with Crippen LogP contribution in [0.2, 0.25) is 0 Å². The van der Waals surface area contributed by atoms with Crippen LogP contribution in [0.1, 0.15) is 54.0 Å². The molecule has 0 spiro atoms. The first-order chi connectivity index (χ1) is 15.7. The lowest BCUT2D eigenvalue weighted by Crippen LogP contribution is -2.51. The molecule has 2 atom stereocenters. The van der Waals surface area contributed by atoms with Crippen molar-refractivity contribution < 1.29 is 0 Å². The smallest absolute Gasteiger partial charge is 0.101 e. The van der Waals surface area contributed by atoms with E-state index < -0.39 is 0 Å². The van der Waals surface area contributed by atoms with E-state index in [2.05, 4.69) is 63.4 Å². The molecular weight excluding hydrogens is 394 g/mol. The molecule has 2 aromatic carbocycles. The molecule has 2 fully saturated rings.